The molecule has 1 aromatic carbocycles. The van der Waals surface area contributed by atoms with E-state index in [1.807, 2.05) is 0 Å². The smallest absolute Gasteiger partial charge is 0.356 e. The van der Waals surface area contributed by atoms with Crippen LogP contribution in [0.3, 0.4) is 0 Å². The van der Waals surface area contributed by atoms with Gasteiger partial charge in [-0.25, -0.2) is 9.48 Å². The molecule has 1 aliphatic rings. The van der Waals surface area contributed by atoms with Crippen molar-refractivity contribution in [3.63, 3.8) is 0 Å². The molecule has 0 fully saturated rings. The Bertz CT molecular complexity index is 695. The standard InChI is InChI=1S/C14H12Cl2N2O2/c15-10-6-5-8(7-11(10)16)18-12-4-2-1-3-9(12)13(17-18)14(19)20/h5-7H,1-4H2,(H,19,20). The number of carboxylic acids is 1. The van der Waals surface area contributed by atoms with Crippen LogP contribution in [0.4, 0.5) is 0 Å². The summed E-state index contributed by atoms with van der Waals surface area (Å²) in [6, 6.07) is 5.19. The van der Waals surface area contributed by atoms with Gasteiger partial charge in [0.1, 0.15) is 0 Å². The molecule has 0 spiro atoms. The molecule has 2 aromatic rings. The number of halogens is 2. The van der Waals surface area contributed by atoms with Crippen molar-refractivity contribution < 1.29 is 9.90 Å². The number of aromatic carboxylic acids is 1. The van der Waals surface area contributed by atoms with Crippen molar-refractivity contribution in [3.8, 4) is 5.69 Å². The average Bonchev–Trinajstić information content (AvgIpc) is 2.82. The average molecular weight is 311 g/mol. The van der Waals surface area contributed by atoms with Crippen LogP contribution in [-0.4, -0.2) is 20.9 Å². The lowest BCUT2D eigenvalue weighted by atomic mass is 9.95. The lowest BCUT2D eigenvalue weighted by molar-refractivity contribution is 0.0688. The lowest BCUT2D eigenvalue weighted by Crippen LogP contribution is -2.08. The van der Waals surface area contributed by atoms with Crippen molar-refractivity contribution in [1.82, 2.24) is 9.78 Å². The lowest BCUT2D eigenvalue weighted by Gasteiger charge is -2.14. The van der Waals surface area contributed by atoms with E-state index in [4.69, 9.17) is 23.2 Å². The van der Waals surface area contributed by atoms with E-state index in [1.54, 1.807) is 22.9 Å². The van der Waals surface area contributed by atoms with Crippen LogP contribution >= 0.6 is 23.2 Å². The van der Waals surface area contributed by atoms with E-state index in [0.717, 1.165) is 42.6 Å². The molecular weight excluding hydrogens is 299 g/mol. The first kappa shape index (κ1) is 13.5. The Labute approximate surface area is 125 Å². The van der Waals surface area contributed by atoms with Gasteiger partial charge in [0.2, 0.25) is 0 Å². The van der Waals surface area contributed by atoms with E-state index in [2.05, 4.69) is 5.10 Å². The number of hydrogen-bond donors (Lipinski definition) is 1. The first-order valence-electron chi connectivity index (χ1n) is 6.37. The first-order valence-corrected chi connectivity index (χ1v) is 7.13. The van der Waals surface area contributed by atoms with Crippen molar-refractivity contribution in [2.75, 3.05) is 0 Å². The fourth-order valence-electron chi connectivity index (χ4n) is 2.60. The number of aromatic nitrogens is 2. The second-order valence-corrected chi connectivity index (χ2v) is 5.61. The zero-order valence-electron chi connectivity index (χ0n) is 10.6. The summed E-state index contributed by atoms with van der Waals surface area (Å²) in [5.41, 5.74) is 2.69. The number of nitrogens with zero attached hydrogens (tertiary/aromatic N) is 2. The summed E-state index contributed by atoms with van der Waals surface area (Å²) >= 11 is 11.9. The molecule has 1 heterocycles. The summed E-state index contributed by atoms with van der Waals surface area (Å²) < 4.78 is 1.68. The summed E-state index contributed by atoms with van der Waals surface area (Å²) in [5.74, 6) is -0.984. The van der Waals surface area contributed by atoms with Crippen molar-refractivity contribution in [3.05, 3.63) is 45.2 Å². The van der Waals surface area contributed by atoms with Crippen LogP contribution in [0.5, 0.6) is 0 Å². The predicted octanol–water partition coefficient (Wildman–Crippen LogP) is 3.76. The van der Waals surface area contributed by atoms with Gasteiger partial charge < -0.3 is 5.11 Å². The zero-order chi connectivity index (χ0) is 14.3. The minimum atomic E-state index is -0.984. The van der Waals surface area contributed by atoms with E-state index in [0.29, 0.717) is 10.0 Å². The fraction of sp³-hybridized carbons (Fsp3) is 0.286. The third kappa shape index (κ3) is 2.19. The van der Waals surface area contributed by atoms with Crippen molar-refractivity contribution in [2.24, 2.45) is 0 Å². The third-order valence-corrected chi connectivity index (χ3v) is 4.27. The van der Waals surface area contributed by atoms with Crippen LogP contribution < -0.4 is 0 Å². The van der Waals surface area contributed by atoms with Gasteiger partial charge in [0.25, 0.3) is 0 Å². The van der Waals surface area contributed by atoms with Crippen LogP contribution in [0.25, 0.3) is 5.69 Å². The summed E-state index contributed by atoms with van der Waals surface area (Å²) in [6.07, 6.45) is 3.63. The summed E-state index contributed by atoms with van der Waals surface area (Å²) in [6.45, 7) is 0. The van der Waals surface area contributed by atoms with Gasteiger partial charge in [0.05, 0.1) is 15.7 Å². The Balaban J connectivity index is 2.18. The van der Waals surface area contributed by atoms with E-state index in [-0.39, 0.29) is 5.69 Å². The molecule has 0 saturated heterocycles. The van der Waals surface area contributed by atoms with Crippen molar-refractivity contribution in [1.29, 1.82) is 0 Å². The fourth-order valence-corrected chi connectivity index (χ4v) is 2.89. The van der Waals surface area contributed by atoms with E-state index in [1.165, 1.54) is 0 Å². The molecule has 1 N–H and O–H groups in total. The summed E-state index contributed by atoms with van der Waals surface area (Å²) in [4.78, 5) is 11.3. The molecule has 0 bridgehead atoms. The molecule has 4 nitrogen and oxygen atoms in total. The molecular formula is C14H12Cl2N2O2. The molecule has 20 heavy (non-hydrogen) atoms. The summed E-state index contributed by atoms with van der Waals surface area (Å²) in [5, 5.41) is 14.4. The minimum Gasteiger partial charge on any atom is -0.476 e. The topological polar surface area (TPSA) is 55.1 Å². The van der Waals surface area contributed by atoms with Gasteiger partial charge in [-0.05, 0) is 43.9 Å². The van der Waals surface area contributed by atoms with Gasteiger partial charge in [-0.1, -0.05) is 23.2 Å². The van der Waals surface area contributed by atoms with E-state index < -0.39 is 5.97 Å². The molecule has 1 aliphatic carbocycles. The third-order valence-electron chi connectivity index (χ3n) is 3.53. The largest absolute Gasteiger partial charge is 0.476 e. The van der Waals surface area contributed by atoms with Crippen LogP contribution in [0.2, 0.25) is 10.0 Å². The molecule has 0 amide bonds. The highest BCUT2D eigenvalue weighted by Gasteiger charge is 2.25. The molecule has 104 valence electrons. The molecule has 3 rings (SSSR count). The van der Waals surface area contributed by atoms with Crippen LogP contribution in [-0.2, 0) is 12.8 Å². The maximum absolute atomic E-state index is 11.3. The molecule has 0 aliphatic heterocycles. The zero-order valence-corrected chi connectivity index (χ0v) is 12.1. The Morgan fingerprint density at radius 2 is 1.95 bits per heavy atom. The maximum Gasteiger partial charge on any atom is 0.356 e. The predicted molar refractivity (Wildman–Crippen MR) is 77.2 cm³/mol. The molecule has 0 saturated carbocycles. The Kier molecular flexibility index (Phi) is 3.44. The first-order chi connectivity index (χ1) is 9.58. The normalized spacial score (nSPS) is 14.1. The second kappa shape index (κ2) is 5.11. The number of rotatable bonds is 2. The number of fused-ring (bicyclic) bond motifs is 1. The maximum atomic E-state index is 11.3. The highest BCUT2D eigenvalue weighted by atomic mass is 35.5. The number of carboxylic acid groups (broad SMARTS) is 1. The van der Waals surface area contributed by atoms with Gasteiger partial charge in [-0.3, -0.25) is 0 Å². The molecule has 0 atom stereocenters. The monoisotopic (exact) mass is 310 g/mol. The highest BCUT2D eigenvalue weighted by Crippen LogP contribution is 2.29. The summed E-state index contributed by atoms with van der Waals surface area (Å²) in [7, 11) is 0. The van der Waals surface area contributed by atoms with Crippen LogP contribution in [0.15, 0.2) is 18.2 Å². The van der Waals surface area contributed by atoms with Gasteiger partial charge in [0.15, 0.2) is 5.69 Å². The Morgan fingerprint density at radius 1 is 1.20 bits per heavy atom. The second-order valence-electron chi connectivity index (χ2n) is 4.80. The van der Waals surface area contributed by atoms with Gasteiger partial charge in [-0.2, -0.15) is 5.10 Å². The minimum absolute atomic E-state index is 0.144. The van der Waals surface area contributed by atoms with E-state index in [9.17, 15) is 9.90 Å². The van der Waals surface area contributed by atoms with Crippen molar-refractivity contribution in [2.45, 2.75) is 25.7 Å². The van der Waals surface area contributed by atoms with Gasteiger partial charge >= 0.3 is 5.97 Å². The molecule has 0 radical (unpaired) electrons. The van der Waals surface area contributed by atoms with Crippen LogP contribution in [0, 0.1) is 0 Å². The Hall–Kier alpha value is -1.52. The quantitative estimate of drug-likeness (QED) is 0.919. The van der Waals surface area contributed by atoms with Gasteiger partial charge in [-0.15, -0.1) is 0 Å². The number of carbonyl (C=O) groups is 1. The van der Waals surface area contributed by atoms with Crippen LogP contribution in [0.1, 0.15) is 34.6 Å². The Morgan fingerprint density at radius 3 is 2.65 bits per heavy atom. The number of benzene rings is 1. The van der Waals surface area contributed by atoms with Gasteiger partial charge in [0, 0.05) is 11.3 Å². The SMILES string of the molecule is O=C(O)c1nn(-c2ccc(Cl)c(Cl)c2)c2c1CCCC2. The highest BCUT2D eigenvalue weighted by molar-refractivity contribution is 6.42. The molecule has 1 aromatic heterocycles. The van der Waals surface area contributed by atoms with Crippen molar-refractivity contribution >= 4 is 29.2 Å². The molecule has 0 unspecified atom stereocenters. The molecule has 6 heteroatoms. The number of hydrogen-bond acceptors (Lipinski definition) is 2. The van der Waals surface area contributed by atoms with E-state index >= 15 is 0 Å².